The summed E-state index contributed by atoms with van der Waals surface area (Å²) in [7, 11) is 0. The topological polar surface area (TPSA) is 32.3 Å². The molecule has 0 aromatic heterocycles. The number of nitrogens with zero attached hydrogens (tertiary/aromatic N) is 1. The van der Waals surface area contributed by atoms with Gasteiger partial charge in [-0.3, -0.25) is 4.79 Å². The van der Waals surface area contributed by atoms with E-state index < -0.39 is 23.1 Å². The van der Waals surface area contributed by atoms with Gasteiger partial charge in [0.25, 0.3) is 5.91 Å². The van der Waals surface area contributed by atoms with Crippen molar-refractivity contribution in [2.75, 3.05) is 19.6 Å². The summed E-state index contributed by atoms with van der Waals surface area (Å²) in [4.78, 5) is 13.8. The second kappa shape index (κ2) is 4.89. The van der Waals surface area contributed by atoms with Gasteiger partial charge in [0, 0.05) is 19.1 Å². The normalized spacial score (nSPS) is 26.3. The maximum Gasteiger partial charge on any atom is 0.259 e. The Labute approximate surface area is 110 Å². The standard InChI is InChI=1S/C14H16F2N2O/c15-10-2-1-3-11(16)13(10)14(19)18-7-5-12-9(8-18)4-6-17-12/h1-3,9,12,17H,4-8H2. The van der Waals surface area contributed by atoms with Gasteiger partial charge in [0.15, 0.2) is 0 Å². The van der Waals surface area contributed by atoms with Crippen molar-refractivity contribution in [3.05, 3.63) is 35.4 Å². The minimum absolute atomic E-state index is 0.410. The van der Waals surface area contributed by atoms with E-state index in [0.717, 1.165) is 31.5 Å². The number of carbonyl (C=O) groups is 1. The van der Waals surface area contributed by atoms with E-state index in [1.165, 1.54) is 6.07 Å². The molecule has 1 amide bonds. The summed E-state index contributed by atoms with van der Waals surface area (Å²) in [5.41, 5.74) is -0.424. The quantitative estimate of drug-likeness (QED) is 0.840. The van der Waals surface area contributed by atoms with Crippen molar-refractivity contribution in [3.63, 3.8) is 0 Å². The Morgan fingerprint density at radius 3 is 2.74 bits per heavy atom. The predicted molar refractivity (Wildman–Crippen MR) is 66.8 cm³/mol. The van der Waals surface area contributed by atoms with Gasteiger partial charge in [0.05, 0.1) is 0 Å². The minimum atomic E-state index is -0.781. The number of hydrogen-bond donors (Lipinski definition) is 1. The Balaban J connectivity index is 1.81. The van der Waals surface area contributed by atoms with Crippen LogP contribution in [0.3, 0.4) is 0 Å². The molecule has 2 saturated heterocycles. The van der Waals surface area contributed by atoms with Gasteiger partial charge in [-0.05, 0) is 37.4 Å². The third-order valence-electron chi connectivity index (χ3n) is 4.12. The van der Waals surface area contributed by atoms with Crippen LogP contribution in [0.5, 0.6) is 0 Å². The lowest BCUT2D eigenvalue weighted by atomic mass is 9.93. The first-order valence-electron chi connectivity index (χ1n) is 6.63. The van der Waals surface area contributed by atoms with Crippen LogP contribution in [-0.4, -0.2) is 36.5 Å². The maximum atomic E-state index is 13.6. The molecule has 19 heavy (non-hydrogen) atoms. The SMILES string of the molecule is O=C(c1c(F)cccc1F)N1CCC2NCCC2C1. The van der Waals surface area contributed by atoms with Crippen LogP contribution in [0.2, 0.25) is 0 Å². The molecule has 0 aliphatic carbocycles. The number of rotatable bonds is 1. The molecule has 1 aromatic carbocycles. The lowest BCUT2D eigenvalue weighted by Gasteiger charge is -2.35. The monoisotopic (exact) mass is 266 g/mol. The first-order valence-corrected chi connectivity index (χ1v) is 6.63. The maximum absolute atomic E-state index is 13.6. The average Bonchev–Trinajstić information content (AvgIpc) is 2.85. The van der Waals surface area contributed by atoms with Crippen molar-refractivity contribution in [2.45, 2.75) is 18.9 Å². The number of carbonyl (C=O) groups excluding carboxylic acids is 1. The third-order valence-corrected chi connectivity index (χ3v) is 4.12. The molecule has 3 nitrogen and oxygen atoms in total. The molecule has 0 saturated carbocycles. The van der Waals surface area contributed by atoms with Crippen LogP contribution >= 0.6 is 0 Å². The van der Waals surface area contributed by atoms with Crippen LogP contribution in [0.4, 0.5) is 8.78 Å². The van der Waals surface area contributed by atoms with E-state index in [1.54, 1.807) is 4.90 Å². The van der Waals surface area contributed by atoms with Crippen molar-refractivity contribution in [2.24, 2.45) is 5.92 Å². The van der Waals surface area contributed by atoms with Gasteiger partial charge >= 0.3 is 0 Å². The fourth-order valence-electron chi connectivity index (χ4n) is 3.09. The first kappa shape index (κ1) is 12.5. The third kappa shape index (κ3) is 2.23. The number of likely N-dealkylation sites (tertiary alicyclic amines) is 1. The summed E-state index contributed by atoms with van der Waals surface area (Å²) >= 11 is 0. The van der Waals surface area contributed by atoms with Gasteiger partial charge in [-0.1, -0.05) is 6.07 Å². The number of halogens is 2. The molecule has 2 fully saturated rings. The molecule has 2 aliphatic heterocycles. The number of nitrogens with one attached hydrogen (secondary N) is 1. The van der Waals surface area contributed by atoms with Crippen molar-refractivity contribution in [1.29, 1.82) is 0 Å². The van der Waals surface area contributed by atoms with Crippen LogP contribution in [0.15, 0.2) is 18.2 Å². The summed E-state index contributed by atoms with van der Waals surface area (Å²) in [5, 5.41) is 3.39. The number of fused-ring (bicyclic) bond motifs is 1. The molecule has 2 heterocycles. The van der Waals surface area contributed by atoms with Gasteiger partial charge in [0.1, 0.15) is 17.2 Å². The Bertz CT molecular complexity index is 486. The Morgan fingerprint density at radius 2 is 2.00 bits per heavy atom. The highest BCUT2D eigenvalue weighted by molar-refractivity contribution is 5.94. The minimum Gasteiger partial charge on any atom is -0.338 e. The van der Waals surface area contributed by atoms with Crippen molar-refractivity contribution in [1.82, 2.24) is 10.2 Å². The Morgan fingerprint density at radius 1 is 1.26 bits per heavy atom. The molecule has 2 aliphatic rings. The summed E-state index contributed by atoms with van der Waals surface area (Å²) in [6, 6.07) is 3.98. The second-order valence-corrected chi connectivity index (χ2v) is 5.25. The highest BCUT2D eigenvalue weighted by atomic mass is 19.1. The number of hydrogen-bond acceptors (Lipinski definition) is 2. The molecule has 0 bridgehead atoms. The predicted octanol–water partition coefficient (Wildman–Crippen LogP) is 1.79. The summed E-state index contributed by atoms with van der Waals surface area (Å²) in [6.07, 6.45) is 1.88. The van der Waals surface area contributed by atoms with E-state index in [0.29, 0.717) is 25.0 Å². The molecular formula is C14H16F2N2O. The van der Waals surface area contributed by atoms with Crippen LogP contribution in [0, 0.1) is 17.6 Å². The average molecular weight is 266 g/mol. The van der Waals surface area contributed by atoms with E-state index >= 15 is 0 Å². The summed E-state index contributed by atoms with van der Waals surface area (Å²) < 4.78 is 27.2. The molecule has 1 N–H and O–H groups in total. The highest BCUT2D eigenvalue weighted by Crippen LogP contribution is 2.26. The molecule has 1 aromatic rings. The van der Waals surface area contributed by atoms with Crippen LogP contribution in [0.1, 0.15) is 23.2 Å². The van der Waals surface area contributed by atoms with Gasteiger partial charge in [0.2, 0.25) is 0 Å². The first-order chi connectivity index (χ1) is 9.16. The van der Waals surface area contributed by atoms with Crippen LogP contribution in [-0.2, 0) is 0 Å². The highest BCUT2D eigenvalue weighted by Gasteiger charge is 2.35. The smallest absolute Gasteiger partial charge is 0.259 e. The number of piperidine rings is 1. The van der Waals surface area contributed by atoms with Crippen LogP contribution < -0.4 is 5.32 Å². The van der Waals surface area contributed by atoms with Crippen molar-refractivity contribution in [3.8, 4) is 0 Å². The fraction of sp³-hybridized carbons (Fsp3) is 0.500. The number of benzene rings is 1. The molecule has 0 spiro atoms. The lowest BCUT2D eigenvalue weighted by molar-refractivity contribution is 0.0652. The zero-order chi connectivity index (χ0) is 13.4. The Kier molecular flexibility index (Phi) is 3.22. The lowest BCUT2D eigenvalue weighted by Crippen LogP contribution is -2.47. The Hall–Kier alpha value is -1.49. The van der Waals surface area contributed by atoms with E-state index in [-0.39, 0.29) is 0 Å². The van der Waals surface area contributed by atoms with E-state index in [9.17, 15) is 13.6 Å². The molecular weight excluding hydrogens is 250 g/mol. The van der Waals surface area contributed by atoms with E-state index in [2.05, 4.69) is 5.32 Å². The van der Waals surface area contributed by atoms with Gasteiger partial charge in [-0.25, -0.2) is 8.78 Å². The van der Waals surface area contributed by atoms with Crippen LogP contribution in [0.25, 0.3) is 0 Å². The second-order valence-electron chi connectivity index (χ2n) is 5.25. The van der Waals surface area contributed by atoms with Gasteiger partial charge in [-0.2, -0.15) is 0 Å². The van der Waals surface area contributed by atoms with Gasteiger partial charge in [-0.15, -0.1) is 0 Å². The molecule has 102 valence electrons. The molecule has 5 heteroatoms. The summed E-state index contributed by atoms with van der Waals surface area (Å²) in [5.74, 6) is -1.68. The molecule has 0 radical (unpaired) electrons. The summed E-state index contributed by atoms with van der Waals surface area (Å²) in [6.45, 7) is 2.11. The fourth-order valence-corrected chi connectivity index (χ4v) is 3.09. The van der Waals surface area contributed by atoms with Crippen molar-refractivity contribution < 1.29 is 13.6 Å². The zero-order valence-electron chi connectivity index (χ0n) is 10.5. The molecule has 3 rings (SSSR count). The van der Waals surface area contributed by atoms with Gasteiger partial charge < -0.3 is 10.2 Å². The zero-order valence-corrected chi connectivity index (χ0v) is 10.5. The molecule has 2 atom stereocenters. The van der Waals surface area contributed by atoms with E-state index in [1.807, 2.05) is 0 Å². The molecule has 2 unspecified atom stereocenters. The largest absolute Gasteiger partial charge is 0.338 e. The van der Waals surface area contributed by atoms with E-state index in [4.69, 9.17) is 0 Å². The van der Waals surface area contributed by atoms with Crippen molar-refractivity contribution >= 4 is 5.91 Å². The number of amides is 1.